The molecule has 0 saturated heterocycles. The normalized spacial score (nSPS) is 10.1. The number of anilines is 1. The average Bonchev–Trinajstić information content (AvgIpc) is 2.39. The van der Waals surface area contributed by atoms with Gasteiger partial charge in [-0.05, 0) is 35.4 Å². The maximum absolute atomic E-state index is 11.2. The number of ether oxygens (including phenoxy) is 1. The SMILES string of the molecule is COc1ccc(-c2ccc(N)cc2C(=O)O)cc1. The van der Waals surface area contributed by atoms with Gasteiger partial charge in [0.05, 0.1) is 12.7 Å². The molecule has 0 atom stereocenters. The van der Waals surface area contributed by atoms with Crippen LogP contribution in [-0.4, -0.2) is 18.2 Å². The van der Waals surface area contributed by atoms with Gasteiger partial charge in [-0.25, -0.2) is 4.79 Å². The van der Waals surface area contributed by atoms with E-state index < -0.39 is 5.97 Å². The Morgan fingerprint density at radius 1 is 1.17 bits per heavy atom. The van der Waals surface area contributed by atoms with Crippen molar-refractivity contribution in [3.05, 3.63) is 48.0 Å². The molecular weight excluding hydrogens is 230 g/mol. The van der Waals surface area contributed by atoms with E-state index in [2.05, 4.69) is 0 Å². The molecule has 3 N–H and O–H groups in total. The van der Waals surface area contributed by atoms with Gasteiger partial charge in [-0.3, -0.25) is 0 Å². The van der Waals surface area contributed by atoms with Gasteiger partial charge in [-0.2, -0.15) is 0 Å². The van der Waals surface area contributed by atoms with Crippen molar-refractivity contribution in [2.45, 2.75) is 0 Å². The molecule has 0 aliphatic heterocycles. The topological polar surface area (TPSA) is 72.5 Å². The lowest BCUT2D eigenvalue weighted by Crippen LogP contribution is -2.01. The molecule has 2 aromatic carbocycles. The van der Waals surface area contributed by atoms with Crippen molar-refractivity contribution in [3.63, 3.8) is 0 Å². The minimum Gasteiger partial charge on any atom is -0.497 e. The van der Waals surface area contributed by atoms with Crippen molar-refractivity contribution in [2.75, 3.05) is 12.8 Å². The number of hydrogen-bond donors (Lipinski definition) is 2. The highest BCUT2D eigenvalue weighted by Crippen LogP contribution is 2.27. The van der Waals surface area contributed by atoms with Crippen LogP contribution in [0.15, 0.2) is 42.5 Å². The van der Waals surface area contributed by atoms with Crippen molar-refractivity contribution in [2.24, 2.45) is 0 Å². The number of methoxy groups -OCH3 is 1. The lowest BCUT2D eigenvalue weighted by Gasteiger charge is -2.08. The molecule has 0 spiro atoms. The van der Waals surface area contributed by atoms with Gasteiger partial charge in [-0.1, -0.05) is 18.2 Å². The van der Waals surface area contributed by atoms with Crippen molar-refractivity contribution in [1.29, 1.82) is 0 Å². The van der Waals surface area contributed by atoms with E-state index in [-0.39, 0.29) is 5.56 Å². The van der Waals surface area contributed by atoms with Gasteiger partial charge in [0, 0.05) is 5.69 Å². The number of benzene rings is 2. The van der Waals surface area contributed by atoms with Gasteiger partial charge in [-0.15, -0.1) is 0 Å². The largest absolute Gasteiger partial charge is 0.497 e. The van der Waals surface area contributed by atoms with Crippen LogP contribution < -0.4 is 10.5 Å². The number of nitrogens with two attached hydrogens (primary N) is 1. The van der Waals surface area contributed by atoms with E-state index in [1.165, 1.54) is 6.07 Å². The predicted octanol–water partition coefficient (Wildman–Crippen LogP) is 2.64. The number of aromatic carboxylic acids is 1. The lowest BCUT2D eigenvalue weighted by atomic mass is 9.99. The van der Waals surface area contributed by atoms with E-state index in [0.29, 0.717) is 11.3 Å². The van der Waals surface area contributed by atoms with E-state index >= 15 is 0 Å². The number of nitrogen functional groups attached to an aromatic ring is 1. The van der Waals surface area contributed by atoms with Gasteiger partial charge >= 0.3 is 5.97 Å². The first-order valence-corrected chi connectivity index (χ1v) is 5.39. The van der Waals surface area contributed by atoms with E-state index in [4.69, 9.17) is 10.5 Å². The van der Waals surface area contributed by atoms with Crippen LogP contribution in [0.25, 0.3) is 11.1 Å². The molecule has 2 aromatic rings. The maximum Gasteiger partial charge on any atom is 0.336 e. The summed E-state index contributed by atoms with van der Waals surface area (Å²) in [5.74, 6) is -0.265. The van der Waals surface area contributed by atoms with Crippen molar-refractivity contribution < 1.29 is 14.6 Å². The molecule has 0 saturated carbocycles. The first-order valence-electron chi connectivity index (χ1n) is 5.39. The third-order valence-corrected chi connectivity index (χ3v) is 2.68. The molecule has 0 bridgehead atoms. The highest BCUT2D eigenvalue weighted by molar-refractivity contribution is 5.97. The highest BCUT2D eigenvalue weighted by Gasteiger charge is 2.12. The monoisotopic (exact) mass is 243 g/mol. The molecule has 2 rings (SSSR count). The van der Waals surface area contributed by atoms with Crippen LogP contribution in [0.2, 0.25) is 0 Å². The third-order valence-electron chi connectivity index (χ3n) is 2.68. The first kappa shape index (κ1) is 12.0. The van der Waals surface area contributed by atoms with E-state index in [1.54, 1.807) is 31.4 Å². The van der Waals surface area contributed by atoms with E-state index in [1.807, 2.05) is 12.1 Å². The van der Waals surface area contributed by atoms with Gasteiger partial charge in [0.15, 0.2) is 0 Å². The second-order valence-electron chi connectivity index (χ2n) is 3.84. The zero-order valence-corrected chi connectivity index (χ0v) is 9.88. The summed E-state index contributed by atoms with van der Waals surface area (Å²) in [5.41, 5.74) is 7.69. The summed E-state index contributed by atoms with van der Waals surface area (Å²) in [6, 6.07) is 12.1. The van der Waals surface area contributed by atoms with Crippen LogP contribution in [0, 0.1) is 0 Å². The summed E-state index contributed by atoms with van der Waals surface area (Å²) in [7, 11) is 1.58. The second kappa shape index (κ2) is 4.79. The summed E-state index contributed by atoms with van der Waals surface area (Å²) >= 11 is 0. The standard InChI is InChI=1S/C14H13NO3/c1-18-11-5-2-9(3-6-11)12-7-4-10(15)8-13(12)14(16)17/h2-8H,15H2,1H3,(H,16,17). The van der Waals surface area contributed by atoms with Gasteiger partial charge in [0.25, 0.3) is 0 Å². The summed E-state index contributed by atoms with van der Waals surface area (Å²) in [6.45, 7) is 0. The summed E-state index contributed by atoms with van der Waals surface area (Å²) in [4.78, 5) is 11.2. The Kier molecular flexibility index (Phi) is 3.19. The van der Waals surface area contributed by atoms with Crippen molar-refractivity contribution in [3.8, 4) is 16.9 Å². The Morgan fingerprint density at radius 2 is 1.83 bits per heavy atom. The molecule has 18 heavy (non-hydrogen) atoms. The van der Waals surface area contributed by atoms with Gasteiger partial charge in [0.1, 0.15) is 5.75 Å². The lowest BCUT2D eigenvalue weighted by molar-refractivity contribution is 0.0698. The minimum absolute atomic E-state index is 0.195. The molecule has 0 amide bonds. The summed E-state index contributed by atoms with van der Waals surface area (Å²) in [6.07, 6.45) is 0. The van der Waals surface area contributed by atoms with Crippen LogP contribution in [0.4, 0.5) is 5.69 Å². The Morgan fingerprint density at radius 3 is 2.39 bits per heavy atom. The van der Waals surface area contributed by atoms with E-state index in [9.17, 15) is 9.90 Å². The molecule has 0 heterocycles. The number of carboxylic acid groups (broad SMARTS) is 1. The zero-order valence-electron chi connectivity index (χ0n) is 9.88. The molecule has 4 heteroatoms. The predicted molar refractivity (Wildman–Crippen MR) is 69.8 cm³/mol. The molecule has 0 aliphatic rings. The quantitative estimate of drug-likeness (QED) is 0.813. The smallest absolute Gasteiger partial charge is 0.336 e. The van der Waals surface area contributed by atoms with Crippen LogP contribution in [-0.2, 0) is 0 Å². The van der Waals surface area contributed by atoms with Crippen molar-refractivity contribution in [1.82, 2.24) is 0 Å². The number of carbonyl (C=O) groups is 1. The fraction of sp³-hybridized carbons (Fsp3) is 0.0714. The fourth-order valence-corrected chi connectivity index (χ4v) is 1.76. The Bertz CT molecular complexity index is 576. The molecule has 0 radical (unpaired) electrons. The molecular formula is C14H13NO3. The second-order valence-corrected chi connectivity index (χ2v) is 3.84. The molecule has 0 fully saturated rings. The van der Waals surface area contributed by atoms with Crippen LogP contribution in [0.3, 0.4) is 0 Å². The maximum atomic E-state index is 11.2. The Hall–Kier alpha value is -2.49. The van der Waals surface area contributed by atoms with E-state index in [0.717, 1.165) is 11.3 Å². The van der Waals surface area contributed by atoms with Crippen LogP contribution in [0.5, 0.6) is 5.75 Å². The number of carboxylic acids is 1. The van der Waals surface area contributed by atoms with Crippen molar-refractivity contribution >= 4 is 11.7 Å². The first-order chi connectivity index (χ1) is 8.61. The third kappa shape index (κ3) is 2.27. The number of hydrogen-bond acceptors (Lipinski definition) is 3. The molecule has 92 valence electrons. The highest BCUT2D eigenvalue weighted by atomic mass is 16.5. The Balaban J connectivity index is 2.52. The average molecular weight is 243 g/mol. The summed E-state index contributed by atoms with van der Waals surface area (Å²) < 4.78 is 5.07. The molecule has 4 nitrogen and oxygen atoms in total. The molecule has 0 aliphatic carbocycles. The van der Waals surface area contributed by atoms with Gasteiger partial charge in [0.2, 0.25) is 0 Å². The molecule has 0 unspecified atom stereocenters. The fourth-order valence-electron chi connectivity index (χ4n) is 1.76. The minimum atomic E-state index is -0.992. The number of rotatable bonds is 3. The Labute approximate surface area is 105 Å². The summed E-state index contributed by atoms with van der Waals surface area (Å²) in [5, 5.41) is 9.17. The zero-order chi connectivity index (χ0) is 13.1. The van der Waals surface area contributed by atoms with Gasteiger partial charge < -0.3 is 15.6 Å². The van der Waals surface area contributed by atoms with Crippen LogP contribution >= 0.6 is 0 Å². The molecule has 0 aromatic heterocycles. The van der Waals surface area contributed by atoms with Crippen LogP contribution in [0.1, 0.15) is 10.4 Å².